The summed E-state index contributed by atoms with van der Waals surface area (Å²) >= 11 is 0. The van der Waals surface area contributed by atoms with Crippen molar-refractivity contribution in [3.63, 3.8) is 0 Å². The third-order valence-electron chi connectivity index (χ3n) is 3.54. The monoisotopic (exact) mass is 289 g/mol. The fourth-order valence-electron chi connectivity index (χ4n) is 2.41. The van der Waals surface area contributed by atoms with Crippen LogP contribution in [0.4, 0.5) is 0 Å². The number of benzene rings is 1. The predicted octanol–water partition coefficient (Wildman–Crippen LogP) is 1.73. The van der Waals surface area contributed by atoms with E-state index in [4.69, 9.17) is 13.9 Å². The minimum Gasteiger partial charge on any atom is -0.493 e. The Morgan fingerprint density at radius 3 is 2.76 bits per heavy atom. The molecule has 0 N–H and O–H groups in total. The highest BCUT2D eigenvalue weighted by Gasteiger charge is 2.23. The van der Waals surface area contributed by atoms with Crippen LogP contribution in [0.1, 0.15) is 20.9 Å². The van der Waals surface area contributed by atoms with Gasteiger partial charge in [0.2, 0.25) is 0 Å². The number of amides is 1. The van der Waals surface area contributed by atoms with E-state index in [-0.39, 0.29) is 11.7 Å². The molecule has 0 aliphatic carbocycles. The molecule has 1 fully saturated rings. The molecule has 0 spiro atoms. The lowest BCUT2D eigenvalue weighted by atomic mass is 10.1. The van der Waals surface area contributed by atoms with Crippen molar-refractivity contribution in [2.24, 2.45) is 0 Å². The molecule has 21 heavy (non-hydrogen) atoms. The second-order valence-electron chi connectivity index (χ2n) is 4.73. The molecular weight excluding hydrogens is 274 g/mol. The predicted molar refractivity (Wildman–Crippen MR) is 74.9 cm³/mol. The highest BCUT2D eigenvalue weighted by Crippen LogP contribution is 2.31. The number of methoxy groups -OCH3 is 1. The molecule has 6 heteroatoms. The van der Waals surface area contributed by atoms with Crippen molar-refractivity contribution in [3.8, 4) is 5.75 Å². The van der Waals surface area contributed by atoms with E-state index < -0.39 is 0 Å². The van der Waals surface area contributed by atoms with Crippen LogP contribution >= 0.6 is 0 Å². The number of hydrogen-bond donors (Lipinski definition) is 0. The lowest BCUT2D eigenvalue weighted by Gasteiger charge is -2.25. The van der Waals surface area contributed by atoms with Gasteiger partial charge in [-0.3, -0.25) is 9.59 Å². The minimum absolute atomic E-state index is 0.201. The van der Waals surface area contributed by atoms with Crippen molar-refractivity contribution in [1.82, 2.24) is 4.90 Å². The molecule has 1 aromatic carbocycles. The molecule has 3 rings (SSSR count). The van der Waals surface area contributed by atoms with Crippen LogP contribution in [-0.2, 0) is 4.74 Å². The Hall–Kier alpha value is -2.34. The zero-order valence-corrected chi connectivity index (χ0v) is 11.6. The van der Waals surface area contributed by atoms with Gasteiger partial charge >= 0.3 is 0 Å². The van der Waals surface area contributed by atoms with Crippen molar-refractivity contribution < 1.29 is 23.5 Å². The van der Waals surface area contributed by atoms with Gasteiger partial charge in [0, 0.05) is 24.0 Å². The Balaban J connectivity index is 2.03. The molecule has 1 amide bonds. The number of fused-ring (bicyclic) bond motifs is 1. The molecule has 0 saturated carbocycles. The van der Waals surface area contributed by atoms with Crippen molar-refractivity contribution in [2.45, 2.75) is 0 Å². The molecule has 0 radical (unpaired) electrons. The summed E-state index contributed by atoms with van der Waals surface area (Å²) in [4.78, 5) is 25.2. The number of carbonyl (C=O) groups excluding carboxylic acids is 2. The van der Waals surface area contributed by atoms with Gasteiger partial charge in [-0.05, 0) is 18.2 Å². The number of rotatable bonds is 3. The van der Waals surface area contributed by atoms with Crippen LogP contribution in [0.15, 0.2) is 22.6 Å². The maximum Gasteiger partial charge on any atom is 0.289 e. The van der Waals surface area contributed by atoms with Gasteiger partial charge in [-0.1, -0.05) is 0 Å². The highest BCUT2D eigenvalue weighted by atomic mass is 16.5. The van der Waals surface area contributed by atoms with E-state index >= 15 is 0 Å². The molecule has 1 aliphatic rings. The SMILES string of the molecule is COc1ccc(C=O)c2cc(C(=O)N3CCOCC3)oc12. The van der Waals surface area contributed by atoms with Gasteiger partial charge in [-0.15, -0.1) is 0 Å². The standard InChI is InChI=1S/C15H15NO5/c1-19-12-3-2-10(9-17)11-8-13(21-14(11)12)15(18)16-4-6-20-7-5-16/h2-3,8-9H,4-7H2,1H3. The summed E-state index contributed by atoms with van der Waals surface area (Å²) in [6.07, 6.45) is 0.736. The maximum atomic E-state index is 12.4. The van der Waals surface area contributed by atoms with Gasteiger partial charge in [0.25, 0.3) is 5.91 Å². The molecule has 6 nitrogen and oxygen atoms in total. The third kappa shape index (κ3) is 2.38. The van der Waals surface area contributed by atoms with Crippen LogP contribution in [0.25, 0.3) is 11.0 Å². The van der Waals surface area contributed by atoms with Gasteiger partial charge in [0.1, 0.15) is 0 Å². The first kappa shape index (κ1) is 13.6. The summed E-state index contributed by atoms with van der Waals surface area (Å²) in [5.41, 5.74) is 0.884. The van der Waals surface area contributed by atoms with Crippen LogP contribution in [0.2, 0.25) is 0 Å². The number of carbonyl (C=O) groups is 2. The number of hydrogen-bond acceptors (Lipinski definition) is 5. The van der Waals surface area contributed by atoms with Crippen LogP contribution in [0.5, 0.6) is 5.75 Å². The Labute approximate surface area is 121 Å². The molecule has 2 aromatic rings. The molecule has 0 unspecified atom stereocenters. The van der Waals surface area contributed by atoms with Gasteiger partial charge in [-0.2, -0.15) is 0 Å². The fraction of sp³-hybridized carbons (Fsp3) is 0.333. The summed E-state index contributed by atoms with van der Waals surface area (Å²) in [7, 11) is 1.52. The average molecular weight is 289 g/mol. The van der Waals surface area contributed by atoms with E-state index in [1.807, 2.05) is 0 Å². The Kier molecular flexibility index (Phi) is 3.62. The van der Waals surface area contributed by atoms with Gasteiger partial charge in [-0.25, -0.2) is 0 Å². The number of morpholine rings is 1. The molecule has 0 bridgehead atoms. The number of ether oxygens (including phenoxy) is 2. The topological polar surface area (TPSA) is 69.0 Å². The first-order valence-corrected chi connectivity index (χ1v) is 6.67. The van der Waals surface area contributed by atoms with Gasteiger partial charge in [0.15, 0.2) is 23.4 Å². The lowest BCUT2D eigenvalue weighted by molar-refractivity contribution is 0.0284. The molecule has 1 saturated heterocycles. The van der Waals surface area contributed by atoms with E-state index in [1.54, 1.807) is 23.1 Å². The Morgan fingerprint density at radius 2 is 2.10 bits per heavy atom. The van der Waals surface area contributed by atoms with Crippen LogP contribution in [0.3, 0.4) is 0 Å². The maximum absolute atomic E-state index is 12.4. The first-order chi connectivity index (χ1) is 10.2. The van der Waals surface area contributed by atoms with Crippen LogP contribution < -0.4 is 4.74 Å². The molecule has 1 aromatic heterocycles. The normalized spacial score (nSPS) is 15.2. The minimum atomic E-state index is -0.201. The number of furan rings is 1. The van der Waals surface area contributed by atoms with Crippen molar-refractivity contribution in [1.29, 1.82) is 0 Å². The van der Waals surface area contributed by atoms with Crippen LogP contribution in [-0.4, -0.2) is 50.5 Å². The zero-order valence-electron chi connectivity index (χ0n) is 11.6. The number of nitrogens with zero attached hydrogens (tertiary/aromatic N) is 1. The Morgan fingerprint density at radius 1 is 1.33 bits per heavy atom. The van der Waals surface area contributed by atoms with Gasteiger partial charge < -0.3 is 18.8 Å². The first-order valence-electron chi connectivity index (χ1n) is 6.67. The quantitative estimate of drug-likeness (QED) is 0.805. The number of aldehydes is 1. The van der Waals surface area contributed by atoms with E-state index in [0.717, 1.165) is 6.29 Å². The molecule has 110 valence electrons. The zero-order chi connectivity index (χ0) is 14.8. The second-order valence-corrected chi connectivity index (χ2v) is 4.73. The Bertz CT molecular complexity index is 685. The van der Waals surface area contributed by atoms with E-state index in [2.05, 4.69) is 0 Å². The molecule has 2 heterocycles. The van der Waals surface area contributed by atoms with E-state index in [9.17, 15) is 9.59 Å². The van der Waals surface area contributed by atoms with Crippen LogP contribution in [0, 0.1) is 0 Å². The van der Waals surface area contributed by atoms with E-state index in [0.29, 0.717) is 48.6 Å². The smallest absolute Gasteiger partial charge is 0.289 e. The lowest BCUT2D eigenvalue weighted by Crippen LogP contribution is -2.40. The van der Waals surface area contributed by atoms with E-state index in [1.165, 1.54) is 7.11 Å². The van der Waals surface area contributed by atoms with Crippen molar-refractivity contribution in [2.75, 3.05) is 33.4 Å². The summed E-state index contributed by atoms with van der Waals surface area (Å²) in [5, 5.41) is 0.584. The van der Waals surface area contributed by atoms with Crippen molar-refractivity contribution in [3.05, 3.63) is 29.5 Å². The summed E-state index contributed by atoms with van der Waals surface area (Å²) < 4.78 is 16.1. The largest absolute Gasteiger partial charge is 0.493 e. The summed E-state index contributed by atoms with van der Waals surface area (Å²) in [5.74, 6) is 0.504. The summed E-state index contributed by atoms with van der Waals surface area (Å²) in [6, 6.07) is 4.89. The fourth-order valence-corrected chi connectivity index (χ4v) is 2.41. The molecule has 1 aliphatic heterocycles. The average Bonchev–Trinajstić information content (AvgIpc) is 2.99. The third-order valence-corrected chi connectivity index (χ3v) is 3.54. The van der Waals surface area contributed by atoms with Gasteiger partial charge in [0.05, 0.1) is 20.3 Å². The second kappa shape index (κ2) is 5.57. The molecular formula is C15H15NO5. The summed E-state index contributed by atoms with van der Waals surface area (Å²) in [6.45, 7) is 2.12. The highest BCUT2D eigenvalue weighted by molar-refractivity contribution is 6.03. The molecule has 0 atom stereocenters. The van der Waals surface area contributed by atoms with Crippen molar-refractivity contribution >= 4 is 23.2 Å².